The normalized spacial score (nSPS) is 12.9. The molecule has 0 aromatic carbocycles. The highest BCUT2D eigenvalue weighted by Crippen LogP contribution is 2.19. The lowest BCUT2D eigenvalue weighted by molar-refractivity contribution is -0.123. The molecule has 0 aromatic heterocycles. The first-order valence-corrected chi connectivity index (χ1v) is 36.4. The Kier molecular flexibility index (Phi) is 69.1. The summed E-state index contributed by atoms with van der Waals surface area (Å²) in [6.45, 7) is 4.33. The monoisotopic (exact) mass is 1110 g/mol. The lowest BCUT2D eigenvalue weighted by Gasteiger charge is -2.19. The van der Waals surface area contributed by atoms with Crippen LogP contribution in [0.4, 0.5) is 0 Å². The zero-order valence-corrected chi connectivity index (χ0v) is 53.9. The molecule has 0 radical (unpaired) electrons. The topological polar surface area (TPSA) is 69.6 Å². The smallest absolute Gasteiger partial charge is 0.220 e. The number of hydrogen-bond donors (Lipinski definition) is 3. The highest BCUT2D eigenvalue weighted by molar-refractivity contribution is 5.76. The maximum Gasteiger partial charge on any atom is 0.220 e. The molecule has 3 N–H and O–H groups in total. The lowest BCUT2D eigenvalue weighted by atomic mass is 10.0. The van der Waals surface area contributed by atoms with Crippen molar-refractivity contribution in [2.24, 2.45) is 0 Å². The average Bonchev–Trinajstić information content (AvgIpc) is 3.45. The van der Waals surface area contributed by atoms with E-state index in [4.69, 9.17) is 0 Å². The summed E-state index contributed by atoms with van der Waals surface area (Å²) in [4.78, 5) is 12.5. The first-order valence-electron chi connectivity index (χ1n) is 36.4. The summed E-state index contributed by atoms with van der Waals surface area (Å²) < 4.78 is 0. The summed E-state index contributed by atoms with van der Waals surface area (Å²) in [5.74, 6) is -0.0658. The third-order valence-electron chi connectivity index (χ3n) is 17.0. The summed E-state index contributed by atoms with van der Waals surface area (Å²) in [5.41, 5.74) is 0. The van der Waals surface area contributed by atoms with Gasteiger partial charge in [-0.15, -0.1) is 0 Å². The Balaban J connectivity index is 3.44. The number of aliphatic hydroxyl groups is 2. The van der Waals surface area contributed by atoms with Crippen LogP contribution in [0.3, 0.4) is 0 Å². The minimum absolute atomic E-state index is 0.0658. The largest absolute Gasteiger partial charge is 0.394 e. The zero-order valence-electron chi connectivity index (χ0n) is 53.9. The molecule has 0 heterocycles. The van der Waals surface area contributed by atoms with Crippen molar-refractivity contribution in [1.29, 1.82) is 0 Å². The van der Waals surface area contributed by atoms with Crippen LogP contribution in [0.15, 0.2) is 48.6 Å². The number of carbonyl (C=O) groups excluding carboxylic acids is 1. The number of hydrogen-bond acceptors (Lipinski definition) is 3. The summed E-state index contributed by atoms with van der Waals surface area (Å²) in [6.07, 6.45) is 99.4. The predicted octanol–water partition coefficient (Wildman–Crippen LogP) is 24.9. The van der Waals surface area contributed by atoms with Crippen molar-refractivity contribution < 1.29 is 15.0 Å². The molecule has 2 atom stereocenters. The fourth-order valence-electron chi connectivity index (χ4n) is 11.5. The van der Waals surface area contributed by atoms with Gasteiger partial charge in [-0.05, 0) is 64.2 Å². The molecule has 2 unspecified atom stereocenters. The van der Waals surface area contributed by atoms with Gasteiger partial charge in [0, 0.05) is 6.42 Å². The first kappa shape index (κ1) is 77.3. The van der Waals surface area contributed by atoms with E-state index >= 15 is 0 Å². The van der Waals surface area contributed by atoms with Crippen LogP contribution in [0, 0.1) is 0 Å². The molecular formula is C75H143NO3. The fourth-order valence-corrected chi connectivity index (χ4v) is 11.5. The standard InChI is InChI=1S/C75H143NO3/c1-3-5-7-9-11-13-15-17-19-21-23-25-27-29-31-33-35-37-38-39-41-43-45-47-49-51-53-55-57-59-61-63-65-67-69-71-75(79)76-73(72-77)74(78)70-68-66-64-62-60-58-56-54-52-50-48-46-44-42-40-36-34-32-30-28-26-24-22-20-18-16-14-12-10-8-6-4-2/h15,17,21,23,60,62,68,70,73-74,77-78H,3-14,16,18-20,22,24-59,61,63-67,69,71-72H2,1-2H3,(H,76,79)/b17-15-,23-21-,62-60+,70-68+. The Morgan fingerprint density at radius 2 is 0.532 bits per heavy atom. The molecule has 4 nitrogen and oxygen atoms in total. The van der Waals surface area contributed by atoms with Crippen LogP contribution in [0.2, 0.25) is 0 Å². The number of nitrogens with one attached hydrogen (secondary N) is 1. The molecule has 0 aliphatic heterocycles. The van der Waals surface area contributed by atoms with E-state index in [0.29, 0.717) is 6.42 Å². The number of allylic oxidation sites excluding steroid dienone is 7. The van der Waals surface area contributed by atoms with Gasteiger partial charge in [-0.3, -0.25) is 4.79 Å². The molecular weight excluding hydrogens is 963 g/mol. The fraction of sp³-hybridized carbons (Fsp3) is 0.880. The SMILES string of the molecule is CCCCCCC/C=C\C/C=C\CCCCCCCCCCCCCCCCCCCCCCCCCC(=O)NC(CO)C(O)/C=C/CC/C=C/CCCCCCCCCCCCCCCCCCCCCCCCCCCC. The van der Waals surface area contributed by atoms with Gasteiger partial charge in [0.2, 0.25) is 5.91 Å². The van der Waals surface area contributed by atoms with E-state index < -0.39 is 12.1 Å². The number of rotatable bonds is 68. The molecule has 0 aromatic rings. The van der Waals surface area contributed by atoms with Crippen molar-refractivity contribution in [3.05, 3.63) is 48.6 Å². The molecule has 1 amide bonds. The quantitative estimate of drug-likeness (QED) is 0.0420. The van der Waals surface area contributed by atoms with Gasteiger partial charge >= 0.3 is 0 Å². The Morgan fingerprint density at radius 3 is 0.810 bits per heavy atom. The van der Waals surface area contributed by atoms with Crippen molar-refractivity contribution in [2.45, 2.75) is 418 Å². The molecule has 0 aliphatic rings. The first-order chi connectivity index (χ1) is 39.2. The third-order valence-corrected chi connectivity index (χ3v) is 17.0. The third kappa shape index (κ3) is 67.0. The molecule has 0 spiro atoms. The lowest BCUT2D eigenvalue weighted by Crippen LogP contribution is -2.45. The van der Waals surface area contributed by atoms with Gasteiger partial charge in [0.15, 0.2) is 0 Å². The maximum atomic E-state index is 12.5. The second-order valence-electron chi connectivity index (χ2n) is 25.0. The second-order valence-corrected chi connectivity index (χ2v) is 25.0. The Morgan fingerprint density at radius 1 is 0.304 bits per heavy atom. The maximum absolute atomic E-state index is 12.5. The van der Waals surface area contributed by atoms with Crippen molar-refractivity contribution in [3.8, 4) is 0 Å². The van der Waals surface area contributed by atoms with Crippen LogP contribution >= 0.6 is 0 Å². The number of unbranched alkanes of at least 4 members (excludes halogenated alkanes) is 55. The van der Waals surface area contributed by atoms with Gasteiger partial charge in [0.1, 0.15) is 0 Å². The number of carbonyl (C=O) groups is 1. The number of amides is 1. The molecule has 466 valence electrons. The van der Waals surface area contributed by atoms with Crippen LogP contribution in [0.5, 0.6) is 0 Å². The van der Waals surface area contributed by atoms with E-state index in [1.54, 1.807) is 6.08 Å². The van der Waals surface area contributed by atoms with Crippen LogP contribution < -0.4 is 5.32 Å². The van der Waals surface area contributed by atoms with E-state index in [1.807, 2.05) is 6.08 Å². The molecule has 0 bridgehead atoms. The minimum Gasteiger partial charge on any atom is -0.394 e. The molecule has 0 saturated carbocycles. The van der Waals surface area contributed by atoms with Gasteiger partial charge in [-0.2, -0.15) is 0 Å². The number of aliphatic hydroxyl groups excluding tert-OH is 2. The van der Waals surface area contributed by atoms with E-state index in [0.717, 1.165) is 38.5 Å². The highest BCUT2D eigenvalue weighted by atomic mass is 16.3. The van der Waals surface area contributed by atoms with Crippen molar-refractivity contribution in [1.82, 2.24) is 5.32 Å². The van der Waals surface area contributed by atoms with Crippen LogP contribution in [-0.2, 0) is 4.79 Å². The van der Waals surface area contributed by atoms with E-state index in [-0.39, 0.29) is 12.5 Å². The molecule has 0 fully saturated rings. The van der Waals surface area contributed by atoms with Gasteiger partial charge in [0.25, 0.3) is 0 Å². The van der Waals surface area contributed by atoms with Gasteiger partial charge < -0.3 is 15.5 Å². The Hall–Kier alpha value is -1.65. The summed E-state index contributed by atoms with van der Waals surface area (Å²) in [6, 6.07) is -0.640. The molecule has 0 rings (SSSR count). The second kappa shape index (κ2) is 70.6. The van der Waals surface area contributed by atoms with Crippen LogP contribution in [-0.4, -0.2) is 34.9 Å². The van der Waals surface area contributed by atoms with E-state index in [2.05, 4.69) is 55.6 Å². The molecule has 0 saturated heterocycles. The highest BCUT2D eigenvalue weighted by Gasteiger charge is 2.18. The van der Waals surface area contributed by atoms with E-state index in [9.17, 15) is 15.0 Å². The van der Waals surface area contributed by atoms with Crippen molar-refractivity contribution >= 4 is 5.91 Å². The van der Waals surface area contributed by atoms with Crippen molar-refractivity contribution in [2.75, 3.05) is 6.61 Å². The van der Waals surface area contributed by atoms with E-state index in [1.165, 1.54) is 347 Å². The predicted molar refractivity (Wildman–Crippen MR) is 355 cm³/mol. The van der Waals surface area contributed by atoms with Gasteiger partial charge in [-0.1, -0.05) is 383 Å². The summed E-state index contributed by atoms with van der Waals surface area (Å²) in [5, 5.41) is 23.3. The Labute approximate surface area is 496 Å². The van der Waals surface area contributed by atoms with Crippen LogP contribution in [0.1, 0.15) is 406 Å². The zero-order chi connectivity index (χ0) is 56.9. The van der Waals surface area contributed by atoms with Crippen molar-refractivity contribution in [3.63, 3.8) is 0 Å². The minimum atomic E-state index is -0.864. The Bertz CT molecular complexity index is 1250. The summed E-state index contributed by atoms with van der Waals surface area (Å²) >= 11 is 0. The van der Waals surface area contributed by atoms with Gasteiger partial charge in [0.05, 0.1) is 18.8 Å². The van der Waals surface area contributed by atoms with Gasteiger partial charge in [-0.25, -0.2) is 0 Å². The summed E-state index contributed by atoms with van der Waals surface area (Å²) in [7, 11) is 0. The molecule has 79 heavy (non-hydrogen) atoms. The molecule has 0 aliphatic carbocycles. The van der Waals surface area contributed by atoms with Crippen LogP contribution in [0.25, 0.3) is 0 Å². The average molecular weight is 1110 g/mol. The molecule has 4 heteroatoms.